The summed E-state index contributed by atoms with van der Waals surface area (Å²) in [5.41, 5.74) is 2.68. The Kier molecular flexibility index (Phi) is 4.14. The summed E-state index contributed by atoms with van der Waals surface area (Å²) >= 11 is 0. The second-order valence-electron chi connectivity index (χ2n) is 6.35. The molecule has 0 aliphatic carbocycles. The average Bonchev–Trinajstić information content (AvgIpc) is 2.96. The summed E-state index contributed by atoms with van der Waals surface area (Å²) in [7, 11) is 0. The lowest BCUT2D eigenvalue weighted by Gasteiger charge is -2.26. The van der Waals surface area contributed by atoms with Gasteiger partial charge < -0.3 is 9.73 Å². The topological polar surface area (TPSA) is 61.9 Å². The van der Waals surface area contributed by atoms with Crippen LogP contribution in [-0.4, -0.2) is 10.5 Å². The van der Waals surface area contributed by atoms with Gasteiger partial charge in [-0.1, -0.05) is 12.1 Å². The lowest BCUT2D eigenvalue weighted by molar-refractivity contribution is 0.363. The highest BCUT2D eigenvalue weighted by atomic mass is 16.3. The van der Waals surface area contributed by atoms with Crippen LogP contribution in [0.1, 0.15) is 30.7 Å². The van der Waals surface area contributed by atoms with E-state index in [2.05, 4.69) is 30.2 Å². The van der Waals surface area contributed by atoms with Crippen LogP contribution in [0.2, 0.25) is 0 Å². The molecule has 1 aromatic carbocycles. The molecule has 0 saturated heterocycles. The second-order valence-corrected chi connectivity index (χ2v) is 6.35. The van der Waals surface area contributed by atoms with E-state index in [1.165, 1.54) is 5.56 Å². The van der Waals surface area contributed by atoms with Crippen molar-refractivity contribution in [1.29, 1.82) is 5.26 Å². The standard InChI is InChI=1S/C19H19N3O/c1-19(2,10-14-3-5-15(11-20)6-4-14)22-13-17-9-16-12-21-8-7-18(16)23-17/h3-9,12,22H,10,13H2,1-2H3. The summed E-state index contributed by atoms with van der Waals surface area (Å²) in [6.07, 6.45) is 4.42. The zero-order valence-electron chi connectivity index (χ0n) is 13.3. The first kappa shape index (κ1) is 15.3. The van der Waals surface area contributed by atoms with Gasteiger partial charge >= 0.3 is 0 Å². The van der Waals surface area contributed by atoms with E-state index in [0.29, 0.717) is 12.1 Å². The van der Waals surface area contributed by atoms with E-state index in [1.807, 2.05) is 42.6 Å². The number of aromatic nitrogens is 1. The minimum Gasteiger partial charge on any atom is -0.460 e. The first-order chi connectivity index (χ1) is 11.1. The number of nitrogens with zero attached hydrogens (tertiary/aromatic N) is 2. The molecule has 3 aromatic rings. The van der Waals surface area contributed by atoms with Crippen molar-refractivity contribution < 1.29 is 4.42 Å². The lowest BCUT2D eigenvalue weighted by atomic mass is 9.94. The molecule has 2 heterocycles. The summed E-state index contributed by atoms with van der Waals surface area (Å²) in [5.74, 6) is 0.904. The van der Waals surface area contributed by atoms with E-state index in [1.54, 1.807) is 6.20 Å². The molecular weight excluding hydrogens is 286 g/mol. The molecule has 0 aliphatic rings. The molecule has 0 fully saturated rings. The Morgan fingerprint density at radius 1 is 1.22 bits per heavy atom. The molecule has 0 unspecified atom stereocenters. The molecule has 0 amide bonds. The van der Waals surface area contributed by atoms with Crippen LogP contribution in [0, 0.1) is 11.3 Å². The highest BCUT2D eigenvalue weighted by Gasteiger charge is 2.18. The Morgan fingerprint density at radius 2 is 2.00 bits per heavy atom. The van der Waals surface area contributed by atoms with Crippen molar-refractivity contribution in [2.45, 2.75) is 32.4 Å². The molecule has 0 aliphatic heterocycles. The molecule has 4 nitrogen and oxygen atoms in total. The fourth-order valence-corrected chi connectivity index (χ4v) is 2.62. The molecule has 0 saturated carbocycles. The third-order valence-electron chi connectivity index (χ3n) is 3.84. The number of furan rings is 1. The number of pyridine rings is 1. The fourth-order valence-electron chi connectivity index (χ4n) is 2.62. The normalized spacial score (nSPS) is 11.5. The summed E-state index contributed by atoms with van der Waals surface area (Å²) < 4.78 is 5.81. The van der Waals surface area contributed by atoms with Crippen molar-refractivity contribution >= 4 is 11.0 Å². The van der Waals surface area contributed by atoms with Gasteiger partial charge in [0.2, 0.25) is 0 Å². The zero-order valence-corrected chi connectivity index (χ0v) is 13.3. The quantitative estimate of drug-likeness (QED) is 0.778. The summed E-state index contributed by atoms with van der Waals surface area (Å²) in [6.45, 7) is 4.99. The Hall–Kier alpha value is -2.64. The molecule has 3 rings (SSSR count). The van der Waals surface area contributed by atoms with Gasteiger partial charge in [-0.05, 0) is 50.1 Å². The number of hydrogen-bond donors (Lipinski definition) is 1. The van der Waals surface area contributed by atoms with Crippen LogP contribution >= 0.6 is 0 Å². The fraction of sp³-hybridized carbons (Fsp3) is 0.263. The number of nitriles is 1. The SMILES string of the molecule is CC(C)(Cc1ccc(C#N)cc1)NCc1cc2cnccc2o1. The first-order valence-electron chi connectivity index (χ1n) is 7.62. The number of benzene rings is 1. The van der Waals surface area contributed by atoms with Crippen LogP contribution in [0.15, 0.2) is 53.2 Å². The van der Waals surface area contributed by atoms with Gasteiger partial charge in [0.1, 0.15) is 11.3 Å². The van der Waals surface area contributed by atoms with Crippen LogP contribution in [0.25, 0.3) is 11.0 Å². The predicted octanol–water partition coefficient (Wildman–Crippen LogP) is 3.81. The van der Waals surface area contributed by atoms with E-state index in [9.17, 15) is 0 Å². The van der Waals surface area contributed by atoms with Gasteiger partial charge in [0.05, 0.1) is 18.2 Å². The maximum absolute atomic E-state index is 8.85. The monoisotopic (exact) mass is 305 g/mol. The van der Waals surface area contributed by atoms with Gasteiger partial charge in [-0.3, -0.25) is 4.98 Å². The second kappa shape index (κ2) is 6.23. The molecule has 0 radical (unpaired) electrons. The van der Waals surface area contributed by atoms with E-state index in [-0.39, 0.29) is 5.54 Å². The van der Waals surface area contributed by atoms with Crippen molar-refractivity contribution in [2.24, 2.45) is 0 Å². The molecule has 0 bridgehead atoms. The largest absolute Gasteiger partial charge is 0.460 e. The van der Waals surface area contributed by atoms with Crippen molar-refractivity contribution in [3.63, 3.8) is 0 Å². The molecule has 0 atom stereocenters. The van der Waals surface area contributed by atoms with Crippen LogP contribution in [0.4, 0.5) is 0 Å². The van der Waals surface area contributed by atoms with Crippen molar-refractivity contribution in [2.75, 3.05) is 0 Å². The first-order valence-corrected chi connectivity index (χ1v) is 7.62. The summed E-state index contributed by atoms with van der Waals surface area (Å²) in [6, 6.07) is 13.8. The molecule has 1 N–H and O–H groups in total. The number of nitrogens with one attached hydrogen (secondary N) is 1. The van der Waals surface area contributed by atoms with Crippen molar-refractivity contribution in [1.82, 2.24) is 10.3 Å². The van der Waals surface area contributed by atoms with Gasteiger partial charge in [0.15, 0.2) is 0 Å². The van der Waals surface area contributed by atoms with Crippen molar-refractivity contribution in [3.8, 4) is 6.07 Å². The van der Waals surface area contributed by atoms with Crippen LogP contribution in [-0.2, 0) is 13.0 Å². The van der Waals surface area contributed by atoms with Crippen molar-refractivity contribution in [3.05, 3.63) is 65.7 Å². The van der Waals surface area contributed by atoms with E-state index in [4.69, 9.17) is 9.68 Å². The van der Waals surface area contributed by atoms with Crippen LogP contribution in [0.3, 0.4) is 0 Å². The van der Waals surface area contributed by atoms with Gasteiger partial charge in [-0.25, -0.2) is 0 Å². The maximum Gasteiger partial charge on any atom is 0.137 e. The third kappa shape index (κ3) is 3.77. The van der Waals surface area contributed by atoms with Crippen LogP contribution < -0.4 is 5.32 Å². The molecule has 4 heteroatoms. The highest BCUT2D eigenvalue weighted by molar-refractivity contribution is 5.76. The average molecular weight is 305 g/mol. The minimum absolute atomic E-state index is 0.0780. The Balaban J connectivity index is 1.64. The summed E-state index contributed by atoms with van der Waals surface area (Å²) in [5, 5.41) is 13.4. The molecule has 2 aromatic heterocycles. The molecule has 0 spiro atoms. The Morgan fingerprint density at radius 3 is 2.70 bits per heavy atom. The van der Waals surface area contributed by atoms with E-state index >= 15 is 0 Å². The molecular formula is C19H19N3O. The Bertz CT molecular complexity index is 808. The van der Waals surface area contributed by atoms with E-state index in [0.717, 1.165) is 23.2 Å². The number of rotatable bonds is 5. The summed E-state index contributed by atoms with van der Waals surface area (Å²) in [4.78, 5) is 4.10. The van der Waals surface area contributed by atoms with Crippen LogP contribution in [0.5, 0.6) is 0 Å². The number of fused-ring (bicyclic) bond motifs is 1. The van der Waals surface area contributed by atoms with Gasteiger partial charge in [0, 0.05) is 23.3 Å². The lowest BCUT2D eigenvalue weighted by Crippen LogP contribution is -2.40. The molecule has 23 heavy (non-hydrogen) atoms. The minimum atomic E-state index is -0.0780. The Labute approximate surface area is 135 Å². The van der Waals surface area contributed by atoms with Gasteiger partial charge in [-0.15, -0.1) is 0 Å². The van der Waals surface area contributed by atoms with Gasteiger partial charge in [0.25, 0.3) is 0 Å². The predicted molar refractivity (Wildman–Crippen MR) is 89.8 cm³/mol. The smallest absolute Gasteiger partial charge is 0.137 e. The number of hydrogen-bond acceptors (Lipinski definition) is 4. The highest BCUT2D eigenvalue weighted by Crippen LogP contribution is 2.19. The third-order valence-corrected chi connectivity index (χ3v) is 3.84. The van der Waals surface area contributed by atoms with Gasteiger partial charge in [-0.2, -0.15) is 5.26 Å². The maximum atomic E-state index is 8.85. The zero-order chi connectivity index (χ0) is 16.3. The van der Waals surface area contributed by atoms with E-state index < -0.39 is 0 Å². The molecule has 116 valence electrons.